The predicted octanol–water partition coefficient (Wildman–Crippen LogP) is 4.34. The van der Waals surface area contributed by atoms with Crippen LogP contribution in [0.1, 0.15) is 28.5 Å². The van der Waals surface area contributed by atoms with Crippen LogP contribution in [0, 0.1) is 13.8 Å². The summed E-state index contributed by atoms with van der Waals surface area (Å²) >= 11 is 4.09. The molecule has 0 saturated heterocycles. The predicted molar refractivity (Wildman–Crippen MR) is 113 cm³/mol. The van der Waals surface area contributed by atoms with E-state index in [1.807, 2.05) is 19.9 Å². The lowest BCUT2D eigenvalue weighted by atomic mass is 9.96. The molecule has 0 bridgehead atoms. The summed E-state index contributed by atoms with van der Waals surface area (Å²) < 4.78 is 24.3. The second kappa shape index (κ2) is 7.79. The number of hydrogen-bond donors (Lipinski definition) is 2. The van der Waals surface area contributed by atoms with E-state index in [1.165, 1.54) is 6.20 Å². The summed E-state index contributed by atoms with van der Waals surface area (Å²) in [6.45, 7) is 5.57. The smallest absolute Gasteiger partial charge is 0.250 e. The zero-order valence-electron chi connectivity index (χ0n) is 15.6. The van der Waals surface area contributed by atoms with Gasteiger partial charge in [0.15, 0.2) is 0 Å². The molecule has 0 aliphatic rings. The number of H-pyrrole nitrogens is 1. The Morgan fingerprint density at radius 3 is 2.64 bits per heavy atom. The molecule has 1 atom stereocenters. The summed E-state index contributed by atoms with van der Waals surface area (Å²) in [7, 11) is 0. The van der Waals surface area contributed by atoms with Crippen LogP contribution in [0.25, 0.3) is 22.0 Å². The minimum absolute atomic E-state index is 0.312. The van der Waals surface area contributed by atoms with Crippen molar-refractivity contribution in [3.8, 4) is 11.1 Å². The van der Waals surface area contributed by atoms with Gasteiger partial charge in [-0.15, -0.1) is 0 Å². The fraction of sp³-hybridized carbons (Fsp3) is 0.150. The van der Waals surface area contributed by atoms with Gasteiger partial charge in [0.25, 0.3) is 5.91 Å². The molecule has 8 heteroatoms. The molecular weight excluding hydrogens is 398 g/mol. The Bertz CT molecular complexity index is 1140. The van der Waals surface area contributed by atoms with E-state index in [1.54, 1.807) is 37.3 Å². The summed E-state index contributed by atoms with van der Waals surface area (Å²) in [5.74, 6) is -0.575. The Morgan fingerprint density at radius 2 is 2.04 bits per heavy atom. The number of halogens is 1. The van der Waals surface area contributed by atoms with Crippen LogP contribution >= 0.6 is 11.6 Å². The zero-order valence-corrected chi connectivity index (χ0v) is 17.1. The number of nitrogens with one attached hydrogen (secondary N) is 1. The number of benzene rings is 2. The Labute approximate surface area is 170 Å². The normalized spacial score (nSPS) is 12.6. The fourth-order valence-electron chi connectivity index (χ4n) is 3.26. The maximum absolute atomic E-state index is 11.9. The Kier molecular flexibility index (Phi) is 5.60. The van der Waals surface area contributed by atoms with Crippen LogP contribution in [0.3, 0.4) is 0 Å². The van der Waals surface area contributed by atoms with Crippen LogP contribution in [0.2, 0.25) is 5.02 Å². The molecule has 0 fully saturated rings. The molecule has 1 heterocycles. The van der Waals surface area contributed by atoms with Crippen molar-refractivity contribution in [2.45, 2.75) is 20.8 Å². The highest BCUT2D eigenvalue weighted by atomic mass is 35.5. The molecule has 0 radical (unpaired) electrons. The third-order valence-corrected chi connectivity index (χ3v) is 5.58. The van der Waals surface area contributed by atoms with Crippen LogP contribution in [0.15, 0.2) is 42.6 Å². The lowest BCUT2D eigenvalue weighted by molar-refractivity contribution is 0.100. The minimum Gasteiger partial charge on any atom is -0.755 e. The van der Waals surface area contributed by atoms with Gasteiger partial charge in [-0.2, -0.15) is 0 Å². The lowest BCUT2D eigenvalue weighted by Crippen LogP contribution is -2.18. The van der Waals surface area contributed by atoms with Crippen molar-refractivity contribution in [1.29, 1.82) is 0 Å². The molecular formula is C20H19ClN3O3S-. The number of amides is 1. The van der Waals surface area contributed by atoms with E-state index in [2.05, 4.69) is 4.98 Å². The third kappa shape index (κ3) is 3.44. The number of aromatic nitrogens is 1. The van der Waals surface area contributed by atoms with Gasteiger partial charge in [0.05, 0.1) is 28.0 Å². The van der Waals surface area contributed by atoms with Gasteiger partial charge < -0.3 is 15.3 Å². The molecule has 146 valence electrons. The number of hydrogen-bond acceptors (Lipinski definition) is 3. The van der Waals surface area contributed by atoms with Crippen LogP contribution in [-0.2, 0) is 11.3 Å². The van der Waals surface area contributed by atoms with Crippen molar-refractivity contribution in [3.05, 3.63) is 64.5 Å². The van der Waals surface area contributed by atoms with Gasteiger partial charge in [-0.3, -0.25) is 13.3 Å². The Hall–Kier alpha value is -2.61. The number of carbonyl (C=O) groups excluding carboxylic acids is 1. The first-order valence-corrected chi connectivity index (χ1v) is 9.90. The summed E-state index contributed by atoms with van der Waals surface area (Å²) in [6.07, 6.45) is 3.09. The van der Waals surface area contributed by atoms with Crippen molar-refractivity contribution in [2.75, 3.05) is 4.31 Å². The van der Waals surface area contributed by atoms with Crippen molar-refractivity contribution in [3.63, 3.8) is 0 Å². The molecule has 0 aliphatic heterocycles. The summed E-state index contributed by atoms with van der Waals surface area (Å²) in [6, 6.07) is 8.57. The molecule has 3 aromatic rings. The molecule has 6 nitrogen and oxygen atoms in total. The topological polar surface area (TPSA) is 102 Å². The number of allylic oxidation sites excluding steroid dienone is 1. The number of nitrogens with two attached hydrogens (primary N) is 1. The van der Waals surface area contributed by atoms with Gasteiger partial charge in [0.1, 0.15) is 0 Å². The van der Waals surface area contributed by atoms with Gasteiger partial charge in [0.2, 0.25) is 0 Å². The van der Waals surface area contributed by atoms with Crippen LogP contribution < -0.4 is 10.0 Å². The number of primary amides is 1. The van der Waals surface area contributed by atoms with Crippen LogP contribution in [-0.4, -0.2) is 19.7 Å². The monoisotopic (exact) mass is 416 g/mol. The number of anilines is 1. The maximum atomic E-state index is 11.9. The molecule has 1 unspecified atom stereocenters. The highest BCUT2D eigenvalue weighted by Crippen LogP contribution is 2.40. The highest BCUT2D eigenvalue weighted by molar-refractivity contribution is 7.80. The van der Waals surface area contributed by atoms with E-state index in [0.29, 0.717) is 27.4 Å². The van der Waals surface area contributed by atoms with Gasteiger partial charge in [0, 0.05) is 27.9 Å². The van der Waals surface area contributed by atoms with Crippen molar-refractivity contribution >= 4 is 45.4 Å². The Balaban J connectivity index is 2.32. The summed E-state index contributed by atoms with van der Waals surface area (Å²) in [5.41, 5.74) is 10.2. The van der Waals surface area contributed by atoms with Gasteiger partial charge in [-0.1, -0.05) is 29.8 Å². The van der Waals surface area contributed by atoms with Crippen molar-refractivity contribution in [1.82, 2.24) is 4.98 Å². The maximum Gasteiger partial charge on any atom is 0.250 e. The third-order valence-electron chi connectivity index (χ3n) is 4.63. The summed E-state index contributed by atoms with van der Waals surface area (Å²) in [5, 5.41) is 1.15. The standard InChI is InChI=1S/C20H20ClN3O3S/c1-4-8-24(28(26)27)14-7-5-6-13(9-14)18-16(21)10-15(20(22)25)19-17(18)11(2)12(3)23-19/h4-10,23H,1-3H3,(H2,22,25)(H,26,27)/p-1. The number of rotatable bonds is 5. The molecule has 1 amide bonds. The quantitative estimate of drug-likeness (QED) is 0.604. The molecule has 28 heavy (non-hydrogen) atoms. The van der Waals surface area contributed by atoms with Crippen LogP contribution in [0.4, 0.5) is 5.69 Å². The Morgan fingerprint density at radius 1 is 1.32 bits per heavy atom. The second-order valence-corrected chi connectivity index (χ2v) is 7.58. The number of carbonyl (C=O) groups is 1. The number of aryl methyl sites for hydroxylation is 2. The second-order valence-electron chi connectivity index (χ2n) is 6.35. The summed E-state index contributed by atoms with van der Waals surface area (Å²) in [4.78, 5) is 15.1. The first-order chi connectivity index (χ1) is 13.3. The van der Waals surface area contributed by atoms with Crippen molar-refractivity contribution in [2.24, 2.45) is 5.73 Å². The fourth-order valence-corrected chi connectivity index (χ4v) is 4.08. The van der Waals surface area contributed by atoms with E-state index >= 15 is 0 Å². The highest BCUT2D eigenvalue weighted by Gasteiger charge is 2.20. The van der Waals surface area contributed by atoms with E-state index in [-0.39, 0.29) is 0 Å². The molecule has 1 aromatic heterocycles. The number of aromatic amines is 1. The molecule has 0 saturated carbocycles. The molecule has 0 aliphatic carbocycles. The lowest BCUT2D eigenvalue weighted by Gasteiger charge is -2.23. The molecule has 2 aromatic carbocycles. The molecule has 0 spiro atoms. The van der Waals surface area contributed by atoms with Crippen LogP contribution in [0.5, 0.6) is 0 Å². The van der Waals surface area contributed by atoms with Gasteiger partial charge >= 0.3 is 0 Å². The largest absolute Gasteiger partial charge is 0.755 e. The first-order valence-electron chi connectivity index (χ1n) is 8.49. The van der Waals surface area contributed by atoms with Gasteiger partial charge in [-0.25, -0.2) is 0 Å². The molecule has 3 rings (SSSR count). The first kappa shape index (κ1) is 20.1. The van der Waals surface area contributed by atoms with Gasteiger partial charge in [-0.05, 0) is 50.1 Å². The van der Waals surface area contributed by atoms with E-state index in [0.717, 1.165) is 26.5 Å². The number of nitrogens with zero attached hydrogens (tertiary/aromatic N) is 1. The van der Waals surface area contributed by atoms with E-state index in [4.69, 9.17) is 17.3 Å². The van der Waals surface area contributed by atoms with Crippen molar-refractivity contribution < 1.29 is 13.6 Å². The zero-order chi connectivity index (χ0) is 20.6. The van der Waals surface area contributed by atoms with E-state index in [9.17, 15) is 13.6 Å². The van der Waals surface area contributed by atoms with E-state index < -0.39 is 17.2 Å². The average molecular weight is 417 g/mol. The molecule has 3 N–H and O–H groups in total. The number of fused-ring (bicyclic) bond motifs is 1. The SMILES string of the molecule is CC=CN(c1cccc(-c2c(Cl)cc(C(N)=O)c3[nH]c(C)c(C)c23)c1)S(=O)[O-]. The average Bonchev–Trinajstić information content (AvgIpc) is 2.93. The minimum atomic E-state index is -2.47.